The van der Waals surface area contributed by atoms with Crippen molar-refractivity contribution in [2.75, 3.05) is 6.61 Å². The normalized spacial score (nSPS) is 33.3. The average Bonchev–Trinajstić information content (AvgIpc) is 3.25. The van der Waals surface area contributed by atoms with Gasteiger partial charge in [0.1, 0.15) is 0 Å². The van der Waals surface area contributed by atoms with Crippen LogP contribution in [0.3, 0.4) is 0 Å². The Bertz CT molecular complexity index is 590. The van der Waals surface area contributed by atoms with Crippen LogP contribution in [0.4, 0.5) is 0 Å². The zero-order valence-corrected chi connectivity index (χ0v) is 14.1. The molecule has 4 heteroatoms. The zero-order valence-electron chi connectivity index (χ0n) is 13.3. The van der Waals surface area contributed by atoms with E-state index in [9.17, 15) is 9.90 Å². The third kappa shape index (κ3) is 1.93. The maximum absolute atomic E-state index is 13.2. The molecule has 2 aliphatic heterocycles. The Balaban J connectivity index is 1.65. The Hall–Kier alpha value is -0.870. The van der Waals surface area contributed by atoms with E-state index in [2.05, 4.69) is 17.2 Å². The molecule has 120 valence electrons. The second-order valence-corrected chi connectivity index (χ2v) is 8.19. The number of hydrogen-bond acceptors (Lipinski definition) is 3. The van der Waals surface area contributed by atoms with Gasteiger partial charge in [0, 0.05) is 17.5 Å². The molecule has 3 nitrogen and oxygen atoms in total. The van der Waals surface area contributed by atoms with Crippen LogP contribution in [0.2, 0.25) is 0 Å². The molecule has 1 amide bonds. The van der Waals surface area contributed by atoms with Crippen molar-refractivity contribution in [3.63, 3.8) is 0 Å². The van der Waals surface area contributed by atoms with Crippen LogP contribution in [0.5, 0.6) is 0 Å². The summed E-state index contributed by atoms with van der Waals surface area (Å²) in [6.07, 6.45) is 8.83. The van der Waals surface area contributed by atoms with Crippen LogP contribution in [0.25, 0.3) is 0 Å². The summed E-state index contributed by atoms with van der Waals surface area (Å²) < 4.78 is 0. The van der Waals surface area contributed by atoms with Gasteiger partial charge >= 0.3 is 0 Å². The molecular weight excluding hydrogens is 294 g/mol. The smallest absolute Gasteiger partial charge is 0.264 e. The topological polar surface area (TPSA) is 40.5 Å². The Morgan fingerprint density at radius 3 is 2.95 bits per heavy atom. The number of aryl methyl sites for hydroxylation is 1. The van der Waals surface area contributed by atoms with Crippen LogP contribution >= 0.6 is 11.3 Å². The zero-order chi connectivity index (χ0) is 15.3. The summed E-state index contributed by atoms with van der Waals surface area (Å²) in [6.45, 7) is 2.38. The summed E-state index contributed by atoms with van der Waals surface area (Å²) in [6, 6.07) is 0.604. The molecule has 3 atom stereocenters. The summed E-state index contributed by atoms with van der Waals surface area (Å²) in [7, 11) is 0. The standard InChI is InChI=1S/C18H25NO2S/c1-2-18(11-20)9-13-7-8-15(18)19(13)17(21)16-14-6-4-3-5-12(14)10-22-16/h10,13,15,20H,2-9,11H2,1H3/t13-,15+,18-/m0/s1. The number of thiophene rings is 1. The Kier molecular flexibility index (Phi) is 3.57. The molecule has 2 bridgehead atoms. The lowest BCUT2D eigenvalue weighted by molar-refractivity contribution is 0.0559. The van der Waals surface area contributed by atoms with Crippen molar-refractivity contribution in [3.05, 3.63) is 21.4 Å². The van der Waals surface area contributed by atoms with E-state index in [1.807, 2.05) is 0 Å². The monoisotopic (exact) mass is 319 g/mol. The molecule has 1 aliphatic carbocycles. The molecule has 1 aromatic heterocycles. The molecule has 2 saturated heterocycles. The molecule has 0 aromatic carbocycles. The molecule has 3 aliphatic rings. The van der Waals surface area contributed by atoms with E-state index in [-0.39, 0.29) is 24.0 Å². The van der Waals surface area contributed by atoms with Crippen molar-refractivity contribution in [2.24, 2.45) is 5.41 Å². The van der Waals surface area contributed by atoms with E-state index >= 15 is 0 Å². The lowest BCUT2D eigenvalue weighted by Crippen LogP contribution is -2.42. The highest BCUT2D eigenvalue weighted by Gasteiger charge is 2.56. The van der Waals surface area contributed by atoms with Gasteiger partial charge in [0.15, 0.2) is 0 Å². The van der Waals surface area contributed by atoms with Gasteiger partial charge in [-0.3, -0.25) is 4.79 Å². The third-order valence-electron chi connectivity index (χ3n) is 6.40. The molecule has 2 fully saturated rings. The number of aliphatic hydroxyl groups excluding tert-OH is 1. The van der Waals surface area contributed by atoms with Gasteiger partial charge in [0.05, 0.1) is 11.5 Å². The number of carbonyl (C=O) groups excluding carboxylic acids is 1. The number of hydrogen-bond donors (Lipinski definition) is 1. The van der Waals surface area contributed by atoms with Crippen LogP contribution in [0, 0.1) is 5.41 Å². The number of aliphatic hydroxyl groups is 1. The molecule has 0 spiro atoms. The number of carbonyl (C=O) groups is 1. The molecule has 4 rings (SSSR count). The number of amides is 1. The lowest BCUT2D eigenvalue weighted by Gasteiger charge is -2.34. The first kappa shape index (κ1) is 14.7. The van der Waals surface area contributed by atoms with E-state index < -0.39 is 0 Å². The van der Waals surface area contributed by atoms with Gasteiger partial charge in [-0.05, 0) is 67.9 Å². The summed E-state index contributed by atoms with van der Waals surface area (Å²) in [5.74, 6) is 0.254. The molecule has 3 heterocycles. The quantitative estimate of drug-likeness (QED) is 0.927. The van der Waals surface area contributed by atoms with Crippen molar-refractivity contribution in [1.29, 1.82) is 0 Å². The molecule has 0 saturated carbocycles. The highest BCUT2D eigenvalue weighted by Crippen LogP contribution is 2.52. The first-order valence-corrected chi connectivity index (χ1v) is 9.61. The third-order valence-corrected chi connectivity index (χ3v) is 7.46. The van der Waals surface area contributed by atoms with Crippen molar-refractivity contribution in [2.45, 2.75) is 70.4 Å². The summed E-state index contributed by atoms with van der Waals surface area (Å²) in [5.41, 5.74) is 2.70. The maximum atomic E-state index is 13.2. The summed E-state index contributed by atoms with van der Waals surface area (Å²) >= 11 is 1.65. The van der Waals surface area contributed by atoms with E-state index in [4.69, 9.17) is 0 Å². The molecular formula is C18H25NO2S. The van der Waals surface area contributed by atoms with Crippen LogP contribution in [0.15, 0.2) is 5.38 Å². The van der Waals surface area contributed by atoms with Gasteiger partial charge in [0.2, 0.25) is 0 Å². The van der Waals surface area contributed by atoms with Crippen molar-refractivity contribution in [3.8, 4) is 0 Å². The van der Waals surface area contributed by atoms with Crippen molar-refractivity contribution >= 4 is 17.2 Å². The van der Waals surface area contributed by atoms with Gasteiger partial charge < -0.3 is 10.0 Å². The minimum atomic E-state index is -0.0457. The van der Waals surface area contributed by atoms with Gasteiger partial charge in [-0.2, -0.15) is 0 Å². The highest BCUT2D eigenvalue weighted by atomic mass is 32.1. The van der Waals surface area contributed by atoms with Crippen LogP contribution in [-0.4, -0.2) is 34.6 Å². The molecule has 1 N–H and O–H groups in total. The highest BCUT2D eigenvalue weighted by molar-refractivity contribution is 7.12. The maximum Gasteiger partial charge on any atom is 0.264 e. The first-order valence-electron chi connectivity index (χ1n) is 8.73. The minimum absolute atomic E-state index is 0.0457. The van der Waals surface area contributed by atoms with Crippen molar-refractivity contribution in [1.82, 2.24) is 4.90 Å². The summed E-state index contributed by atoms with van der Waals surface area (Å²) in [4.78, 5) is 16.4. The molecule has 0 unspecified atom stereocenters. The van der Waals surface area contributed by atoms with Gasteiger partial charge in [-0.1, -0.05) is 6.92 Å². The fourth-order valence-corrected chi connectivity index (χ4v) is 6.18. The van der Waals surface area contributed by atoms with E-state index in [1.165, 1.54) is 24.0 Å². The number of rotatable bonds is 3. The SMILES string of the molecule is CC[C@@]1(CO)C[C@@H]2CC[C@H]1N2C(=O)c1scc2c1CCCC2. The van der Waals surface area contributed by atoms with E-state index in [0.717, 1.165) is 43.4 Å². The minimum Gasteiger partial charge on any atom is -0.396 e. The number of nitrogens with zero attached hydrogens (tertiary/aromatic N) is 1. The first-order chi connectivity index (χ1) is 10.7. The molecule has 22 heavy (non-hydrogen) atoms. The fourth-order valence-electron chi connectivity index (χ4n) is 5.07. The Morgan fingerprint density at radius 2 is 2.23 bits per heavy atom. The Labute approximate surface area is 136 Å². The second kappa shape index (κ2) is 5.34. The fraction of sp³-hybridized carbons (Fsp3) is 0.722. The number of fused-ring (bicyclic) bond motifs is 3. The van der Waals surface area contributed by atoms with Crippen LogP contribution in [0.1, 0.15) is 66.2 Å². The molecule has 1 aromatic rings. The van der Waals surface area contributed by atoms with Gasteiger partial charge in [0.25, 0.3) is 5.91 Å². The van der Waals surface area contributed by atoms with Gasteiger partial charge in [-0.25, -0.2) is 0 Å². The predicted molar refractivity (Wildman–Crippen MR) is 88.4 cm³/mol. The largest absolute Gasteiger partial charge is 0.396 e. The average molecular weight is 319 g/mol. The summed E-state index contributed by atoms with van der Waals surface area (Å²) in [5, 5.41) is 12.1. The van der Waals surface area contributed by atoms with Gasteiger partial charge in [-0.15, -0.1) is 11.3 Å². The van der Waals surface area contributed by atoms with E-state index in [0.29, 0.717) is 6.04 Å². The second-order valence-electron chi connectivity index (χ2n) is 7.31. The lowest BCUT2D eigenvalue weighted by atomic mass is 9.72. The molecule has 0 radical (unpaired) electrons. The Morgan fingerprint density at radius 1 is 1.41 bits per heavy atom. The van der Waals surface area contributed by atoms with Crippen LogP contribution < -0.4 is 0 Å². The van der Waals surface area contributed by atoms with E-state index in [1.54, 1.807) is 11.3 Å². The van der Waals surface area contributed by atoms with Crippen molar-refractivity contribution < 1.29 is 9.90 Å². The predicted octanol–water partition coefficient (Wildman–Crippen LogP) is 3.39. The van der Waals surface area contributed by atoms with Crippen LogP contribution in [-0.2, 0) is 12.8 Å².